The largest absolute Gasteiger partial charge is 0.345 e. The molecule has 0 bridgehead atoms. The van der Waals surface area contributed by atoms with E-state index in [2.05, 4.69) is 11.4 Å². The van der Waals surface area contributed by atoms with Gasteiger partial charge in [-0.1, -0.05) is 43.3 Å². The van der Waals surface area contributed by atoms with E-state index in [1.807, 2.05) is 18.2 Å². The van der Waals surface area contributed by atoms with Crippen molar-refractivity contribution in [2.75, 3.05) is 5.75 Å². The SMILES string of the molecule is CCS(=O)(=O)c1ccccc1C(=O)N[C@@H]1CCCc2ccccc21. The minimum Gasteiger partial charge on any atom is -0.345 e. The van der Waals surface area contributed by atoms with E-state index < -0.39 is 9.84 Å². The topological polar surface area (TPSA) is 63.2 Å². The van der Waals surface area contributed by atoms with Crippen molar-refractivity contribution in [1.82, 2.24) is 5.32 Å². The van der Waals surface area contributed by atoms with Gasteiger partial charge in [-0.3, -0.25) is 4.79 Å². The van der Waals surface area contributed by atoms with Crippen molar-refractivity contribution in [3.05, 3.63) is 65.2 Å². The molecule has 0 radical (unpaired) electrons. The van der Waals surface area contributed by atoms with Crippen LogP contribution in [0.25, 0.3) is 0 Å². The Morgan fingerprint density at radius 1 is 1.12 bits per heavy atom. The molecule has 0 aromatic heterocycles. The van der Waals surface area contributed by atoms with Gasteiger partial charge in [0.2, 0.25) is 0 Å². The van der Waals surface area contributed by atoms with E-state index in [1.54, 1.807) is 25.1 Å². The Hall–Kier alpha value is -2.14. The van der Waals surface area contributed by atoms with Gasteiger partial charge in [0, 0.05) is 0 Å². The monoisotopic (exact) mass is 343 g/mol. The lowest BCUT2D eigenvalue weighted by atomic mass is 9.87. The fourth-order valence-corrected chi connectivity index (χ4v) is 4.31. The minimum atomic E-state index is -3.44. The third-order valence-electron chi connectivity index (χ3n) is 4.52. The van der Waals surface area contributed by atoms with Crippen molar-refractivity contribution in [3.63, 3.8) is 0 Å². The summed E-state index contributed by atoms with van der Waals surface area (Å²) in [5, 5.41) is 3.02. The Kier molecular flexibility index (Phi) is 4.71. The van der Waals surface area contributed by atoms with Gasteiger partial charge < -0.3 is 5.32 Å². The van der Waals surface area contributed by atoms with Crippen LogP contribution in [0.1, 0.15) is 47.3 Å². The van der Waals surface area contributed by atoms with Crippen LogP contribution in [0.5, 0.6) is 0 Å². The standard InChI is InChI=1S/C19H21NO3S/c1-2-24(22,23)18-13-6-5-11-16(18)19(21)20-17-12-7-9-14-8-3-4-10-15(14)17/h3-6,8,10-11,13,17H,2,7,9,12H2,1H3,(H,20,21)/t17-/m1/s1. The van der Waals surface area contributed by atoms with Crippen molar-refractivity contribution >= 4 is 15.7 Å². The third-order valence-corrected chi connectivity index (χ3v) is 6.31. The fraction of sp³-hybridized carbons (Fsp3) is 0.316. The molecule has 1 atom stereocenters. The average molecular weight is 343 g/mol. The normalized spacial score (nSPS) is 17.1. The van der Waals surface area contributed by atoms with Crippen molar-refractivity contribution in [1.29, 1.82) is 0 Å². The van der Waals surface area contributed by atoms with Crippen LogP contribution < -0.4 is 5.32 Å². The van der Waals surface area contributed by atoms with Crippen LogP contribution in [0, 0.1) is 0 Å². The highest BCUT2D eigenvalue weighted by atomic mass is 32.2. The number of fused-ring (bicyclic) bond motifs is 1. The highest BCUT2D eigenvalue weighted by molar-refractivity contribution is 7.91. The molecule has 4 nitrogen and oxygen atoms in total. The first-order valence-corrected chi connectivity index (χ1v) is 9.88. The molecule has 0 spiro atoms. The van der Waals surface area contributed by atoms with Gasteiger partial charge in [-0.15, -0.1) is 0 Å². The first-order chi connectivity index (χ1) is 11.5. The van der Waals surface area contributed by atoms with E-state index in [4.69, 9.17) is 0 Å². The highest BCUT2D eigenvalue weighted by Crippen LogP contribution is 2.30. The summed E-state index contributed by atoms with van der Waals surface area (Å²) >= 11 is 0. The van der Waals surface area contributed by atoms with E-state index in [1.165, 1.54) is 11.6 Å². The summed E-state index contributed by atoms with van der Waals surface area (Å²) < 4.78 is 24.5. The lowest BCUT2D eigenvalue weighted by Crippen LogP contribution is -2.32. The van der Waals surface area contributed by atoms with Gasteiger partial charge in [0.15, 0.2) is 9.84 Å². The van der Waals surface area contributed by atoms with Gasteiger partial charge >= 0.3 is 0 Å². The number of rotatable bonds is 4. The van der Waals surface area contributed by atoms with E-state index in [-0.39, 0.29) is 28.2 Å². The van der Waals surface area contributed by atoms with Crippen LogP contribution in [-0.4, -0.2) is 20.1 Å². The van der Waals surface area contributed by atoms with Crippen LogP contribution in [0.2, 0.25) is 0 Å². The lowest BCUT2D eigenvalue weighted by molar-refractivity contribution is 0.0929. The molecule has 126 valence electrons. The first-order valence-electron chi connectivity index (χ1n) is 8.23. The second kappa shape index (κ2) is 6.77. The van der Waals surface area contributed by atoms with Crippen molar-refractivity contribution < 1.29 is 13.2 Å². The molecule has 0 heterocycles. The van der Waals surface area contributed by atoms with Crippen LogP contribution in [0.4, 0.5) is 0 Å². The Bertz CT molecular complexity index is 858. The molecule has 0 saturated carbocycles. The quantitative estimate of drug-likeness (QED) is 0.926. The number of amides is 1. The van der Waals surface area contributed by atoms with E-state index in [9.17, 15) is 13.2 Å². The zero-order valence-electron chi connectivity index (χ0n) is 13.7. The minimum absolute atomic E-state index is 0.0243. The predicted octanol–water partition coefficient (Wildman–Crippen LogP) is 3.29. The molecule has 1 N–H and O–H groups in total. The van der Waals surface area contributed by atoms with Crippen molar-refractivity contribution in [2.45, 2.75) is 37.1 Å². The van der Waals surface area contributed by atoms with Gasteiger partial charge in [0.05, 0.1) is 22.3 Å². The molecule has 0 aliphatic heterocycles. The smallest absolute Gasteiger partial charge is 0.253 e. The molecule has 3 rings (SSSR count). The summed E-state index contributed by atoms with van der Waals surface area (Å²) in [7, 11) is -3.44. The third kappa shape index (κ3) is 3.22. The molecule has 2 aromatic carbocycles. The Labute approximate surface area is 142 Å². The molecule has 1 amide bonds. The fourth-order valence-electron chi connectivity index (χ4n) is 3.22. The van der Waals surface area contributed by atoms with Gasteiger partial charge in [-0.25, -0.2) is 8.42 Å². The second-order valence-corrected chi connectivity index (χ2v) is 8.26. The Morgan fingerprint density at radius 2 is 1.83 bits per heavy atom. The van der Waals surface area contributed by atoms with Crippen LogP contribution in [0.15, 0.2) is 53.4 Å². The number of aryl methyl sites for hydroxylation is 1. The molecule has 0 saturated heterocycles. The zero-order valence-corrected chi connectivity index (χ0v) is 14.5. The number of carbonyl (C=O) groups excluding carboxylic acids is 1. The van der Waals surface area contributed by atoms with E-state index >= 15 is 0 Å². The molecule has 1 aliphatic rings. The molecule has 24 heavy (non-hydrogen) atoms. The number of hydrogen-bond acceptors (Lipinski definition) is 3. The Morgan fingerprint density at radius 3 is 2.62 bits per heavy atom. The van der Waals surface area contributed by atoms with E-state index in [0.29, 0.717) is 0 Å². The molecular weight excluding hydrogens is 322 g/mol. The highest BCUT2D eigenvalue weighted by Gasteiger charge is 2.25. The van der Waals surface area contributed by atoms with Crippen molar-refractivity contribution in [3.8, 4) is 0 Å². The van der Waals surface area contributed by atoms with Gasteiger partial charge in [0.1, 0.15) is 0 Å². The molecule has 2 aromatic rings. The molecule has 5 heteroatoms. The van der Waals surface area contributed by atoms with Crippen molar-refractivity contribution in [2.24, 2.45) is 0 Å². The summed E-state index contributed by atoms with van der Waals surface area (Å²) in [6.07, 6.45) is 2.89. The van der Waals surface area contributed by atoms with E-state index in [0.717, 1.165) is 24.8 Å². The van der Waals surface area contributed by atoms with Crippen LogP contribution in [-0.2, 0) is 16.3 Å². The number of hydrogen-bond donors (Lipinski definition) is 1. The summed E-state index contributed by atoms with van der Waals surface area (Å²) in [5.41, 5.74) is 2.61. The van der Waals surface area contributed by atoms with Gasteiger partial charge in [-0.2, -0.15) is 0 Å². The second-order valence-electron chi connectivity index (χ2n) is 6.02. The number of sulfone groups is 1. The molecule has 1 aliphatic carbocycles. The van der Waals surface area contributed by atoms with Crippen LogP contribution >= 0.6 is 0 Å². The van der Waals surface area contributed by atoms with Crippen LogP contribution in [0.3, 0.4) is 0 Å². The molecule has 0 unspecified atom stereocenters. The Balaban J connectivity index is 1.90. The zero-order chi connectivity index (χ0) is 17.2. The molecular formula is C19H21NO3S. The van der Waals surface area contributed by atoms with Gasteiger partial charge in [-0.05, 0) is 42.5 Å². The number of nitrogens with one attached hydrogen (secondary N) is 1. The summed E-state index contributed by atoms with van der Waals surface area (Å²) in [5.74, 6) is -0.354. The summed E-state index contributed by atoms with van der Waals surface area (Å²) in [6, 6.07) is 14.4. The number of carbonyl (C=O) groups is 1. The predicted molar refractivity (Wildman–Crippen MR) is 93.8 cm³/mol. The van der Waals surface area contributed by atoms with Gasteiger partial charge in [0.25, 0.3) is 5.91 Å². The maximum absolute atomic E-state index is 12.7. The maximum Gasteiger partial charge on any atom is 0.253 e. The average Bonchev–Trinajstić information content (AvgIpc) is 2.62. The summed E-state index contributed by atoms with van der Waals surface area (Å²) in [4.78, 5) is 12.8. The first kappa shape index (κ1) is 16.7. The summed E-state index contributed by atoms with van der Waals surface area (Å²) in [6.45, 7) is 1.58. The molecule has 0 fully saturated rings. The maximum atomic E-state index is 12.7. The number of benzene rings is 2. The lowest BCUT2D eigenvalue weighted by Gasteiger charge is -2.26.